The SMILES string of the molecule is CCNC(c1ccc(C(F)(F)F)cc1C)C1CCC(C)O1. The Bertz CT molecular complexity index is 487. The van der Waals surface area contributed by atoms with Crippen LogP contribution in [-0.4, -0.2) is 18.8 Å². The number of ether oxygens (including phenoxy) is 1. The summed E-state index contributed by atoms with van der Waals surface area (Å²) in [5.41, 5.74) is 0.947. The molecule has 3 unspecified atom stereocenters. The fourth-order valence-electron chi connectivity index (χ4n) is 2.94. The van der Waals surface area contributed by atoms with Gasteiger partial charge in [0.2, 0.25) is 0 Å². The van der Waals surface area contributed by atoms with E-state index in [4.69, 9.17) is 4.74 Å². The first-order chi connectivity index (χ1) is 9.82. The minimum atomic E-state index is -4.30. The third-order valence-corrected chi connectivity index (χ3v) is 3.99. The molecule has 0 bridgehead atoms. The average molecular weight is 301 g/mol. The molecule has 0 aliphatic carbocycles. The Labute approximate surface area is 123 Å². The number of hydrogen-bond acceptors (Lipinski definition) is 2. The molecule has 1 N–H and O–H groups in total. The maximum atomic E-state index is 12.8. The number of hydrogen-bond donors (Lipinski definition) is 1. The molecule has 1 heterocycles. The molecular weight excluding hydrogens is 279 g/mol. The van der Waals surface area contributed by atoms with E-state index in [-0.39, 0.29) is 18.2 Å². The Kier molecular flexibility index (Phi) is 4.94. The van der Waals surface area contributed by atoms with Crippen molar-refractivity contribution in [1.82, 2.24) is 5.32 Å². The molecule has 0 aromatic heterocycles. The summed E-state index contributed by atoms with van der Waals surface area (Å²) in [6.45, 7) is 6.50. The van der Waals surface area contributed by atoms with Crippen molar-refractivity contribution in [2.75, 3.05) is 6.54 Å². The van der Waals surface area contributed by atoms with Gasteiger partial charge in [0, 0.05) is 0 Å². The molecule has 0 spiro atoms. The Balaban J connectivity index is 2.28. The van der Waals surface area contributed by atoms with Crippen LogP contribution in [-0.2, 0) is 10.9 Å². The van der Waals surface area contributed by atoms with E-state index in [1.165, 1.54) is 6.07 Å². The molecular formula is C16H22F3NO. The van der Waals surface area contributed by atoms with E-state index in [0.717, 1.165) is 31.0 Å². The molecule has 1 aliphatic heterocycles. The normalized spacial score (nSPS) is 24.3. The summed E-state index contributed by atoms with van der Waals surface area (Å²) >= 11 is 0. The van der Waals surface area contributed by atoms with E-state index in [1.54, 1.807) is 13.0 Å². The van der Waals surface area contributed by atoms with E-state index in [9.17, 15) is 13.2 Å². The zero-order valence-electron chi connectivity index (χ0n) is 12.6. The van der Waals surface area contributed by atoms with E-state index >= 15 is 0 Å². The number of aryl methyl sites for hydroxylation is 1. The van der Waals surface area contributed by atoms with E-state index < -0.39 is 11.7 Å². The van der Waals surface area contributed by atoms with Crippen LogP contribution in [0.5, 0.6) is 0 Å². The number of likely N-dealkylation sites (N-methyl/N-ethyl adjacent to an activating group) is 1. The second-order valence-electron chi connectivity index (χ2n) is 5.67. The Hall–Kier alpha value is -1.07. The first-order valence-corrected chi connectivity index (χ1v) is 7.39. The largest absolute Gasteiger partial charge is 0.416 e. The Morgan fingerprint density at radius 2 is 2.05 bits per heavy atom. The highest BCUT2D eigenvalue weighted by Gasteiger charge is 2.34. The molecule has 118 valence electrons. The van der Waals surface area contributed by atoms with Gasteiger partial charge >= 0.3 is 6.18 Å². The van der Waals surface area contributed by atoms with Crippen LogP contribution >= 0.6 is 0 Å². The average Bonchev–Trinajstić information content (AvgIpc) is 2.82. The van der Waals surface area contributed by atoms with Gasteiger partial charge in [-0.25, -0.2) is 0 Å². The third-order valence-electron chi connectivity index (χ3n) is 3.99. The van der Waals surface area contributed by atoms with Crippen molar-refractivity contribution >= 4 is 0 Å². The van der Waals surface area contributed by atoms with E-state index in [2.05, 4.69) is 5.32 Å². The molecule has 2 nitrogen and oxygen atoms in total. The van der Waals surface area contributed by atoms with Gasteiger partial charge in [0.1, 0.15) is 0 Å². The van der Waals surface area contributed by atoms with Crippen molar-refractivity contribution in [2.24, 2.45) is 0 Å². The second kappa shape index (κ2) is 6.36. The number of alkyl halides is 3. The molecule has 21 heavy (non-hydrogen) atoms. The van der Waals surface area contributed by atoms with E-state index in [0.29, 0.717) is 5.56 Å². The van der Waals surface area contributed by atoms with Gasteiger partial charge in [0.25, 0.3) is 0 Å². The highest BCUT2D eigenvalue weighted by atomic mass is 19.4. The Morgan fingerprint density at radius 1 is 1.33 bits per heavy atom. The molecule has 1 aromatic carbocycles. The number of halogens is 3. The Morgan fingerprint density at radius 3 is 2.52 bits per heavy atom. The van der Waals surface area contributed by atoms with Crippen molar-refractivity contribution in [1.29, 1.82) is 0 Å². The molecule has 1 aliphatic rings. The van der Waals surface area contributed by atoms with Crippen molar-refractivity contribution < 1.29 is 17.9 Å². The zero-order valence-corrected chi connectivity index (χ0v) is 12.6. The van der Waals surface area contributed by atoms with Crippen LogP contribution < -0.4 is 5.32 Å². The van der Waals surface area contributed by atoms with Crippen molar-refractivity contribution in [2.45, 2.75) is 58.0 Å². The van der Waals surface area contributed by atoms with Gasteiger partial charge in [0.05, 0.1) is 23.8 Å². The molecule has 1 fully saturated rings. The van der Waals surface area contributed by atoms with Gasteiger partial charge in [-0.2, -0.15) is 13.2 Å². The van der Waals surface area contributed by atoms with Crippen LogP contribution in [0.3, 0.4) is 0 Å². The molecule has 0 radical (unpaired) electrons. The van der Waals surface area contributed by atoms with Crippen molar-refractivity contribution in [3.05, 3.63) is 34.9 Å². The van der Waals surface area contributed by atoms with Crippen LogP contribution in [0.2, 0.25) is 0 Å². The first kappa shape index (κ1) is 16.3. The monoisotopic (exact) mass is 301 g/mol. The lowest BCUT2D eigenvalue weighted by Gasteiger charge is -2.26. The van der Waals surface area contributed by atoms with Gasteiger partial charge in [0.15, 0.2) is 0 Å². The maximum Gasteiger partial charge on any atom is 0.416 e. The summed E-state index contributed by atoms with van der Waals surface area (Å²) in [5.74, 6) is 0. The molecule has 2 rings (SSSR count). The topological polar surface area (TPSA) is 21.3 Å². The van der Waals surface area contributed by atoms with Crippen molar-refractivity contribution in [3.8, 4) is 0 Å². The lowest BCUT2D eigenvalue weighted by Crippen LogP contribution is -2.32. The minimum absolute atomic E-state index is 0.0235. The lowest BCUT2D eigenvalue weighted by atomic mass is 9.93. The van der Waals surface area contributed by atoms with Crippen LogP contribution in [0.4, 0.5) is 13.2 Å². The predicted molar refractivity (Wildman–Crippen MR) is 76.2 cm³/mol. The maximum absolute atomic E-state index is 12.8. The standard InChI is InChI=1S/C16H22F3NO/c1-4-20-15(14-8-5-11(3)21-14)13-7-6-12(9-10(13)2)16(17,18)19/h6-7,9,11,14-15,20H,4-5,8H2,1-3H3. The van der Waals surface area contributed by atoms with Crippen molar-refractivity contribution in [3.63, 3.8) is 0 Å². The summed E-state index contributed by atoms with van der Waals surface area (Å²) in [7, 11) is 0. The van der Waals surface area contributed by atoms with Crippen LogP contribution in [0.15, 0.2) is 18.2 Å². The quantitative estimate of drug-likeness (QED) is 0.898. The van der Waals surface area contributed by atoms with Crippen LogP contribution in [0.25, 0.3) is 0 Å². The van der Waals surface area contributed by atoms with Gasteiger partial charge < -0.3 is 10.1 Å². The molecule has 5 heteroatoms. The van der Waals surface area contributed by atoms with Gasteiger partial charge in [-0.3, -0.25) is 0 Å². The third kappa shape index (κ3) is 3.77. The minimum Gasteiger partial charge on any atom is -0.373 e. The van der Waals surface area contributed by atoms with Gasteiger partial charge in [-0.15, -0.1) is 0 Å². The highest BCUT2D eigenvalue weighted by molar-refractivity contribution is 5.35. The summed E-state index contributed by atoms with van der Waals surface area (Å²) < 4.78 is 44.2. The fraction of sp³-hybridized carbons (Fsp3) is 0.625. The first-order valence-electron chi connectivity index (χ1n) is 7.39. The predicted octanol–water partition coefficient (Wildman–Crippen LogP) is 4.23. The number of nitrogens with one attached hydrogen (secondary N) is 1. The second-order valence-corrected chi connectivity index (χ2v) is 5.67. The fourth-order valence-corrected chi connectivity index (χ4v) is 2.94. The molecule has 3 atom stereocenters. The van der Waals surface area contributed by atoms with Crippen LogP contribution in [0.1, 0.15) is 49.4 Å². The molecule has 0 saturated carbocycles. The molecule has 1 aromatic rings. The van der Waals surface area contributed by atoms with Gasteiger partial charge in [-0.1, -0.05) is 13.0 Å². The highest BCUT2D eigenvalue weighted by Crippen LogP contribution is 2.35. The number of benzene rings is 1. The smallest absolute Gasteiger partial charge is 0.373 e. The summed E-state index contributed by atoms with van der Waals surface area (Å²) in [4.78, 5) is 0. The lowest BCUT2D eigenvalue weighted by molar-refractivity contribution is -0.137. The molecule has 0 amide bonds. The van der Waals surface area contributed by atoms with Crippen LogP contribution in [0, 0.1) is 6.92 Å². The number of rotatable bonds is 4. The summed E-state index contributed by atoms with van der Waals surface area (Å²) in [6.07, 6.45) is -2.14. The molecule has 1 saturated heterocycles. The summed E-state index contributed by atoms with van der Waals surface area (Å²) in [5, 5.41) is 3.35. The van der Waals surface area contributed by atoms with Gasteiger partial charge in [-0.05, 0) is 56.5 Å². The zero-order chi connectivity index (χ0) is 15.6. The summed E-state index contributed by atoms with van der Waals surface area (Å²) in [6, 6.07) is 3.91. The van der Waals surface area contributed by atoms with E-state index in [1.807, 2.05) is 13.8 Å².